The van der Waals surface area contributed by atoms with E-state index in [1.54, 1.807) is 47.6 Å². The summed E-state index contributed by atoms with van der Waals surface area (Å²) in [5.41, 5.74) is 3.11. The number of furan rings is 1. The highest BCUT2D eigenvalue weighted by molar-refractivity contribution is 6.06. The van der Waals surface area contributed by atoms with E-state index in [1.807, 2.05) is 61.5 Å². The van der Waals surface area contributed by atoms with E-state index in [9.17, 15) is 19.5 Å². The zero-order valence-corrected chi connectivity index (χ0v) is 21.2. The summed E-state index contributed by atoms with van der Waals surface area (Å²) in [6, 6.07) is 27.6. The molecule has 0 saturated carbocycles. The molecule has 0 radical (unpaired) electrons. The molecule has 7 heteroatoms. The quantitative estimate of drug-likeness (QED) is 0.274. The van der Waals surface area contributed by atoms with Crippen molar-refractivity contribution in [2.45, 2.75) is 25.8 Å². The lowest BCUT2D eigenvalue weighted by Crippen LogP contribution is -2.36. The maximum atomic E-state index is 13.9. The number of carbonyl (C=O) groups is 3. The summed E-state index contributed by atoms with van der Waals surface area (Å²) in [5, 5.41) is 12.2. The van der Waals surface area contributed by atoms with Gasteiger partial charge in [0.05, 0.1) is 19.2 Å². The van der Waals surface area contributed by atoms with E-state index in [1.165, 1.54) is 0 Å². The number of nitrogens with one attached hydrogen (secondary N) is 1. The normalized spacial score (nSPS) is 11.5. The maximum Gasteiger partial charge on any atom is 0.305 e. The van der Waals surface area contributed by atoms with Gasteiger partial charge in [0.1, 0.15) is 5.76 Å². The molecule has 0 saturated heterocycles. The molecule has 194 valence electrons. The maximum absolute atomic E-state index is 13.9. The summed E-state index contributed by atoms with van der Waals surface area (Å²) < 4.78 is 5.31. The second-order valence-corrected chi connectivity index (χ2v) is 9.06. The Balaban J connectivity index is 1.64. The number of benzene rings is 3. The minimum Gasteiger partial charge on any atom is -0.481 e. The molecule has 1 atom stereocenters. The predicted octanol–water partition coefficient (Wildman–Crippen LogP) is 5.60. The fourth-order valence-corrected chi connectivity index (χ4v) is 4.39. The van der Waals surface area contributed by atoms with Crippen LogP contribution >= 0.6 is 0 Å². The van der Waals surface area contributed by atoms with Crippen LogP contribution in [0.1, 0.15) is 51.3 Å². The number of rotatable bonds is 11. The second-order valence-electron chi connectivity index (χ2n) is 9.06. The Hall–Kier alpha value is -4.65. The Kier molecular flexibility index (Phi) is 8.72. The van der Waals surface area contributed by atoms with Crippen LogP contribution in [0.15, 0.2) is 102 Å². The van der Waals surface area contributed by atoms with Crippen LogP contribution in [0.3, 0.4) is 0 Å². The minimum atomic E-state index is -0.970. The van der Waals surface area contributed by atoms with E-state index in [0.717, 1.165) is 5.56 Å². The lowest BCUT2D eigenvalue weighted by Gasteiger charge is -2.27. The van der Waals surface area contributed by atoms with E-state index >= 15 is 0 Å². The van der Waals surface area contributed by atoms with E-state index in [0.29, 0.717) is 34.6 Å². The number of amides is 2. The van der Waals surface area contributed by atoms with Gasteiger partial charge in [0.15, 0.2) is 0 Å². The van der Waals surface area contributed by atoms with E-state index < -0.39 is 5.97 Å². The number of hydrogen-bond acceptors (Lipinski definition) is 4. The minimum absolute atomic E-state index is 0.000715. The Morgan fingerprint density at radius 2 is 1.47 bits per heavy atom. The fraction of sp³-hybridized carbons (Fsp3) is 0.194. The molecule has 1 unspecified atom stereocenters. The number of nitrogens with zero attached hydrogens (tertiary/aromatic N) is 1. The molecule has 0 aliphatic carbocycles. The monoisotopic (exact) mass is 510 g/mol. The lowest BCUT2D eigenvalue weighted by atomic mass is 9.93. The summed E-state index contributed by atoms with van der Waals surface area (Å²) in [6.07, 6.45) is 1.38. The molecule has 0 fully saturated rings. The van der Waals surface area contributed by atoms with Crippen molar-refractivity contribution in [1.82, 2.24) is 10.2 Å². The topological polar surface area (TPSA) is 99.9 Å². The first-order valence-corrected chi connectivity index (χ1v) is 12.5. The smallest absolute Gasteiger partial charge is 0.305 e. The highest BCUT2D eigenvalue weighted by atomic mass is 16.4. The number of carbonyl (C=O) groups excluding carboxylic acids is 2. The van der Waals surface area contributed by atoms with Gasteiger partial charge < -0.3 is 19.7 Å². The first-order chi connectivity index (χ1) is 18.4. The molecule has 4 rings (SSSR count). The lowest BCUT2D eigenvalue weighted by molar-refractivity contribution is -0.137. The van der Waals surface area contributed by atoms with Crippen molar-refractivity contribution in [3.8, 4) is 11.1 Å². The van der Waals surface area contributed by atoms with Crippen LogP contribution < -0.4 is 5.32 Å². The number of aliphatic carboxylic acids is 1. The molecule has 0 spiro atoms. The first-order valence-electron chi connectivity index (χ1n) is 12.5. The highest BCUT2D eigenvalue weighted by Gasteiger charge is 2.24. The van der Waals surface area contributed by atoms with E-state index in [4.69, 9.17) is 4.42 Å². The molecule has 0 aliphatic heterocycles. The van der Waals surface area contributed by atoms with Crippen LogP contribution in [-0.2, 0) is 11.3 Å². The first kappa shape index (κ1) is 26.4. The molecule has 1 aromatic heterocycles. The average Bonchev–Trinajstić information content (AvgIpc) is 3.47. The summed E-state index contributed by atoms with van der Waals surface area (Å²) in [5.74, 6) is -0.911. The van der Waals surface area contributed by atoms with Crippen LogP contribution in [0, 0.1) is 0 Å². The van der Waals surface area contributed by atoms with Crippen LogP contribution in [0.25, 0.3) is 11.1 Å². The molecule has 0 bridgehead atoms. The van der Waals surface area contributed by atoms with Crippen molar-refractivity contribution in [2.75, 3.05) is 13.1 Å². The van der Waals surface area contributed by atoms with Gasteiger partial charge >= 0.3 is 5.97 Å². The van der Waals surface area contributed by atoms with Gasteiger partial charge in [-0.15, -0.1) is 0 Å². The van der Waals surface area contributed by atoms with Crippen molar-refractivity contribution < 1.29 is 23.9 Å². The molecule has 2 amide bonds. The molecular weight excluding hydrogens is 480 g/mol. The summed E-state index contributed by atoms with van der Waals surface area (Å²) in [4.78, 5) is 40.0. The summed E-state index contributed by atoms with van der Waals surface area (Å²) in [6.45, 7) is 2.68. The third-order valence-electron chi connectivity index (χ3n) is 6.37. The highest BCUT2D eigenvalue weighted by Crippen LogP contribution is 2.29. The average molecular weight is 511 g/mol. The Labute approximate surface area is 221 Å². The molecule has 38 heavy (non-hydrogen) atoms. The molecule has 3 aromatic carbocycles. The molecule has 0 aliphatic rings. The Bertz CT molecular complexity index is 1380. The molecule has 4 aromatic rings. The SMILES string of the molecule is CC(CN(CCC(=O)O)C(=O)c1ccccc1-c1ccccc1C(=O)NCc1ccco1)c1ccccc1. The molecule has 1 heterocycles. The molecule has 2 N–H and O–H groups in total. The third kappa shape index (κ3) is 6.56. The third-order valence-corrected chi connectivity index (χ3v) is 6.37. The van der Waals surface area contributed by atoms with Gasteiger partial charge in [-0.2, -0.15) is 0 Å². The van der Waals surface area contributed by atoms with Gasteiger partial charge in [0.25, 0.3) is 11.8 Å². The number of carboxylic acids is 1. The van der Waals surface area contributed by atoms with Crippen LogP contribution in [-0.4, -0.2) is 40.9 Å². The van der Waals surface area contributed by atoms with E-state index in [2.05, 4.69) is 5.32 Å². The van der Waals surface area contributed by atoms with Crippen molar-refractivity contribution in [3.63, 3.8) is 0 Å². The number of hydrogen-bond donors (Lipinski definition) is 2. The zero-order valence-electron chi connectivity index (χ0n) is 21.2. The molecule has 7 nitrogen and oxygen atoms in total. The van der Waals surface area contributed by atoms with Gasteiger partial charge in [0, 0.05) is 24.2 Å². The van der Waals surface area contributed by atoms with Crippen LogP contribution in [0.2, 0.25) is 0 Å². The van der Waals surface area contributed by atoms with Crippen molar-refractivity contribution in [2.24, 2.45) is 0 Å². The van der Waals surface area contributed by atoms with Crippen molar-refractivity contribution >= 4 is 17.8 Å². The van der Waals surface area contributed by atoms with Crippen molar-refractivity contribution in [1.29, 1.82) is 0 Å². The summed E-state index contributed by atoms with van der Waals surface area (Å²) in [7, 11) is 0. The summed E-state index contributed by atoms with van der Waals surface area (Å²) >= 11 is 0. The van der Waals surface area contributed by atoms with Gasteiger partial charge in [0.2, 0.25) is 0 Å². The van der Waals surface area contributed by atoms with Crippen molar-refractivity contribution in [3.05, 3.63) is 120 Å². The zero-order chi connectivity index (χ0) is 26.9. The van der Waals surface area contributed by atoms with Gasteiger partial charge in [-0.05, 0) is 46.9 Å². The van der Waals surface area contributed by atoms with Crippen LogP contribution in [0.4, 0.5) is 0 Å². The number of carboxylic acid groups (broad SMARTS) is 1. The predicted molar refractivity (Wildman–Crippen MR) is 145 cm³/mol. The van der Waals surface area contributed by atoms with Gasteiger partial charge in [-0.3, -0.25) is 14.4 Å². The largest absolute Gasteiger partial charge is 0.481 e. The molecular formula is C31H30N2O5. The second kappa shape index (κ2) is 12.5. The van der Waals surface area contributed by atoms with Gasteiger partial charge in [-0.1, -0.05) is 73.7 Å². The van der Waals surface area contributed by atoms with Gasteiger partial charge in [-0.25, -0.2) is 0 Å². The standard InChI is InChI=1S/C31H30N2O5/c1-22(23-10-3-2-4-11-23)21-33(18-17-29(34)35)31(37)28-16-8-6-14-26(28)25-13-5-7-15-27(25)30(36)32-20-24-12-9-19-38-24/h2-16,19,22H,17-18,20-21H2,1H3,(H,32,36)(H,34,35). The Morgan fingerprint density at radius 1 is 0.842 bits per heavy atom. The van der Waals surface area contributed by atoms with E-state index in [-0.39, 0.29) is 37.2 Å². The fourth-order valence-electron chi connectivity index (χ4n) is 4.39. The Morgan fingerprint density at radius 3 is 2.13 bits per heavy atom. The van der Waals surface area contributed by atoms with Crippen LogP contribution in [0.5, 0.6) is 0 Å².